The zero-order valence-corrected chi connectivity index (χ0v) is 20.4. The van der Waals surface area contributed by atoms with Gasteiger partial charge in [0.05, 0.1) is 0 Å². The van der Waals surface area contributed by atoms with Gasteiger partial charge in [-0.2, -0.15) is 0 Å². The molecule has 32 heavy (non-hydrogen) atoms. The molecule has 0 heterocycles. The van der Waals surface area contributed by atoms with E-state index in [1.165, 1.54) is 30.4 Å². The van der Waals surface area contributed by atoms with Gasteiger partial charge in [-0.15, -0.1) is 0 Å². The van der Waals surface area contributed by atoms with E-state index in [2.05, 4.69) is 61.7 Å². The molecule has 0 aliphatic carbocycles. The summed E-state index contributed by atoms with van der Waals surface area (Å²) in [6, 6.07) is 19.3. The number of rotatable bonds is 16. The Labute approximate surface area is 196 Å². The van der Waals surface area contributed by atoms with Crippen LogP contribution in [-0.4, -0.2) is 36.3 Å². The van der Waals surface area contributed by atoms with Gasteiger partial charge in [0.2, 0.25) is 0 Å². The van der Waals surface area contributed by atoms with Crippen LogP contribution in [0.25, 0.3) is 0 Å². The quantitative estimate of drug-likeness (QED) is 0.295. The molecule has 0 fully saturated rings. The fourth-order valence-electron chi connectivity index (χ4n) is 4.19. The van der Waals surface area contributed by atoms with Crippen LogP contribution in [-0.2, 0) is 12.8 Å². The Morgan fingerprint density at radius 3 is 2.19 bits per heavy atom. The molecular weight excluding hydrogens is 394 g/mol. The lowest BCUT2D eigenvalue weighted by molar-refractivity contribution is 0.362. The molecule has 0 bridgehead atoms. The second-order valence-corrected chi connectivity index (χ2v) is 9.64. The number of benzene rings is 2. The van der Waals surface area contributed by atoms with Crippen LogP contribution < -0.4 is 16.4 Å². The van der Waals surface area contributed by atoms with E-state index in [1.54, 1.807) is 12.1 Å². The number of aryl methyl sites for hydroxylation is 1. The highest BCUT2D eigenvalue weighted by Gasteiger charge is 2.16. The summed E-state index contributed by atoms with van der Waals surface area (Å²) in [5, 5.41) is 17.2. The Balaban J connectivity index is 1.95. The number of hydrogen-bond donors (Lipinski definition) is 4. The van der Waals surface area contributed by atoms with Crippen LogP contribution in [0.2, 0.25) is 0 Å². The van der Waals surface area contributed by atoms with Crippen LogP contribution in [0.3, 0.4) is 0 Å². The summed E-state index contributed by atoms with van der Waals surface area (Å²) in [6.07, 6.45) is 7.77. The van der Waals surface area contributed by atoms with Crippen molar-refractivity contribution in [2.75, 3.05) is 13.1 Å². The van der Waals surface area contributed by atoms with Gasteiger partial charge in [0.25, 0.3) is 0 Å². The van der Waals surface area contributed by atoms with Gasteiger partial charge in [0, 0.05) is 31.2 Å². The molecule has 0 aromatic heterocycles. The molecule has 2 aromatic rings. The SMILES string of the molecule is CCCCC(N)CNC(CNC(CCc1ccccc1)CC(C)C)Cc1ccc(O)cc1. The molecule has 0 amide bonds. The van der Waals surface area contributed by atoms with Crippen molar-refractivity contribution in [3.05, 3.63) is 65.7 Å². The molecule has 4 heteroatoms. The number of hydrogen-bond acceptors (Lipinski definition) is 4. The molecule has 0 radical (unpaired) electrons. The molecular formula is C28H45N3O. The highest BCUT2D eigenvalue weighted by molar-refractivity contribution is 5.26. The summed E-state index contributed by atoms with van der Waals surface area (Å²) in [6.45, 7) is 8.56. The summed E-state index contributed by atoms with van der Waals surface area (Å²) in [5.41, 5.74) is 8.98. The van der Waals surface area contributed by atoms with Crippen molar-refractivity contribution in [2.45, 2.75) is 83.8 Å². The van der Waals surface area contributed by atoms with Crippen molar-refractivity contribution < 1.29 is 5.11 Å². The molecule has 0 aliphatic rings. The highest BCUT2D eigenvalue weighted by Crippen LogP contribution is 2.14. The normalized spacial score (nSPS) is 14.4. The predicted octanol–water partition coefficient (Wildman–Crippen LogP) is 5.05. The molecule has 0 saturated carbocycles. The summed E-state index contributed by atoms with van der Waals surface area (Å²) < 4.78 is 0. The molecule has 0 spiro atoms. The van der Waals surface area contributed by atoms with Crippen LogP contribution >= 0.6 is 0 Å². The molecule has 3 atom stereocenters. The standard InChI is InChI=1S/C28H45N3O/c1-4-5-11-25(29)20-30-27(19-24-13-16-28(32)17-14-24)21-31-26(18-22(2)3)15-12-23-9-7-6-8-10-23/h6-10,13-14,16-17,22,25-27,30-32H,4-5,11-12,15,18-21,29H2,1-3H3. The minimum Gasteiger partial charge on any atom is -0.508 e. The van der Waals surface area contributed by atoms with Crippen molar-refractivity contribution >= 4 is 0 Å². The van der Waals surface area contributed by atoms with Crippen LogP contribution in [0.4, 0.5) is 0 Å². The van der Waals surface area contributed by atoms with Crippen molar-refractivity contribution in [1.29, 1.82) is 0 Å². The summed E-state index contributed by atoms with van der Waals surface area (Å²) >= 11 is 0. The smallest absolute Gasteiger partial charge is 0.115 e. The lowest BCUT2D eigenvalue weighted by atomic mass is 9.96. The Hall–Kier alpha value is -1.88. The van der Waals surface area contributed by atoms with Crippen molar-refractivity contribution in [1.82, 2.24) is 10.6 Å². The van der Waals surface area contributed by atoms with Gasteiger partial charge in [0.15, 0.2) is 0 Å². The largest absolute Gasteiger partial charge is 0.508 e. The van der Waals surface area contributed by atoms with E-state index in [-0.39, 0.29) is 6.04 Å². The number of phenols is 1. The van der Waals surface area contributed by atoms with E-state index in [0.29, 0.717) is 23.8 Å². The summed E-state index contributed by atoms with van der Waals surface area (Å²) in [4.78, 5) is 0. The molecule has 3 unspecified atom stereocenters. The van der Waals surface area contributed by atoms with Gasteiger partial charge in [-0.25, -0.2) is 0 Å². The lowest BCUT2D eigenvalue weighted by Gasteiger charge is -2.26. The minimum atomic E-state index is 0.196. The first-order valence-corrected chi connectivity index (χ1v) is 12.5. The van der Waals surface area contributed by atoms with Gasteiger partial charge < -0.3 is 21.5 Å². The second-order valence-electron chi connectivity index (χ2n) is 9.64. The third kappa shape index (κ3) is 11.1. The molecule has 2 aromatic carbocycles. The second kappa shape index (κ2) is 15.0. The van der Waals surface area contributed by atoms with Gasteiger partial charge in [0.1, 0.15) is 5.75 Å². The molecule has 4 nitrogen and oxygen atoms in total. The van der Waals surface area contributed by atoms with Gasteiger partial charge >= 0.3 is 0 Å². The predicted molar refractivity (Wildman–Crippen MR) is 137 cm³/mol. The van der Waals surface area contributed by atoms with E-state index in [9.17, 15) is 5.11 Å². The first kappa shape index (κ1) is 26.4. The Morgan fingerprint density at radius 2 is 1.53 bits per heavy atom. The molecule has 5 N–H and O–H groups in total. The average molecular weight is 440 g/mol. The monoisotopic (exact) mass is 439 g/mol. The van der Waals surface area contributed by atoms with Crippen LogP contribution in [0, 0.1) is 5.92 Å². The van der Waals surface area contributed by atoms with Gasteiger partial charge in [-0.05, 0) is 61.3 Å². The first-order valence-electron chi connectivity index (χ1n) is 12.5. The van der Waals surface area contributed by atoms with E-state index < -0.39 is 0 Å². The van der Waals surface area contributed by atoms with E-state index in [0.717, 1.165) is 38.8 Å². The maximum Gasteiger partial charge on any atom is 0.115 e. The number of phenolic OH excluding ortho intramolecular Hbond substituents is 1. The fraction of sp³-hybridized carbons (Fsp3) is 0.571. The van der Waals surface area contributed by atoms with Crippen LogP contribution in [0.5, 0.6) is 5.75 Å². The lowest BCUT2D eigenvalue weighted by Crippen LogP contribution is -2.47. The Kier molecular flexibility index (Phi) is 12.4. The third-order valence-corrected chi connectivity index (χ3v) is 6.05. The zero-order chi connectivity index (χ0) is 23.2. The Morgan fingerprint density at radius 1 is 0.844 bits per heavy atom. The van der Waals surface area contributed by atoms with Crippen molar-refractivity contribution in [2.24, 2.45) is 11.7 Å². The maximum atomic E-state index is 9.62. The van der Waals surface area contributed by atoms with Gasteiger partial charge in [-0.1, -0.05) is 76.1 Å². The van der Waals surface area contributed by atoms with Crippen LogP contribution in [0.1, 0.15) is 64.0 Å². The van der Waals surface area contributed by atoms with Crippen LogP contribution in [0.15, 0.2) is 54.6 Å². The third-order valence-electron chi connectivity index (χ3n) is 6.05. The molecule has 0 aliphatic heterocycles. The summed E-state index contributed by atoms with van der Waals surface area (Å²) in [5.74, 6) is 0.977. The summed E-state index contributed by atoms with van der Waals surface area (Å²) in [7, 11) is 0. The average Bonchev–Trinajstić information content (AvgIpc) is 2.79. The number of nitrogens with two attached hydrogens (primary N) is 1. The van der Waals surface area contributed by atoms with E-state index in [4.69, 9.17) is 5.73 Å². The first-order chi connectivity index (χ1) is 15.5. The number of aromatic hydroxyl groups is 1. The van der Waals surface area contributed by atoms with E-state index in [1.807, 2.05) is 12.1 Å². The number of unbranched alkanes of at least 4 members (excludes halogenated alkanes) is 1. The molecule has 178 valence electrons. The topological polar surface area (TPSA) is 70.3 Å². The molecule has 2 rings (SSSR count). The molecule has 0 saturated heterocycles. The Bertz CT molecular complexity index is 717. The van der Waals surface area contributed by atoms with Crippen molar-refractivity contribution in [3.8, 4) is 5.75 Å². The fourth-order valence-corrected chi connectivity index (χ4v) is 4.19. The highest BCUT2D eigenvalue weighted by atomic mass is 16.3. The van der Waals surface area contributed by atoms with Crippen molar-refractivity contribution in [3.63, 3.8) is 0 Å². The van der Waals surface area contributed by atoms with E-state index >= 15 is 0 Å². The maximum absolute atomic E-state index is 9.62. The number of nitrogens with one attached hydrogen (secondary N) is 2. The zero-order valence-electron chi connectivity index (χ0n) is 20.4. The minimum absolute atomic E-state index is 0.196. The van der Waals surface area contributed by atoms with Gasteiger partial charge in [-0.3, -0.25) is 0 Å².